The van der Waals surface area contributed by atoms with E-state index >= 15 is 0 Å². The number of nitrogens with one attached hydrogen (secondary N) is 2. The van der Waals surface area contributed by atoms with Crippen molar-refractivity contribution in [2.75, 3.05) is 26.6 Å². The highest BCUT2D eigenvalue weighted by Gasteiger charge is 2.11. The smallest absolute Gasteiger partial charge is 0.162 e. The molecule has 0 atom stereocenters. The van der Waals surface area contributed by atoms with Gasteiger partial charge in [-0.2, -0.15) is 0 Å². The van der Waals surface area contributed by atoms with Crippen molar-refractivity contribution in [1.29, 1.82) is 0 Å². The summed E-state index contributed by atoms with van der Waals surface area (Å²) in [5.41, 5.74) is 3.91. The van der Waals surface area contributed by atoms with Crippen LogP contribution < -0.4 is 19.5 Å². The Morgan fingerprint density at radius 1 is 0.857 bits per heavy atom. The number of nitrogens with zero attached hydrogens (tertiary/aromatic N) is 1. The number of hydrogen-bond acceptors (Lipinski definition) is 5. The van der Waals surface area contributed by atoms with Gasteiger partial charge >= 0.3 is 0 Å². The van der Waals surface area contributed by atoms with Crippen LogP contribution in [-0.4, -0.2) is 31.3 Å². The zero-order valence-electron chi connectivity index (χ0n) is 15.9. The van der Waals surface area contributed by atoms with Crippen LogP contribution in [0, 0.1) is 0 Å². The molecule has 0 amide bonds. The van der Waals surface area contributed by atoms with Crippen LogP contribution in [0.4, 0.5) is 11.5 Å². The molecule has 28 heavy (non-hydrogen) atoms. The van der Waals surface area contributed by atoms with Crippen molar-refractivity contribution < 1.29 is 14.2 Å². The Morgan fingerprint density at radius 3 is 2.50 bits per heavy atom. The average molecular weight is 375 g/mol. The second-order valence-electron chi connectivity index (χ2n) is 6.23. The molecule has 0 aliphatic heterocycles. The number of rotatable bonds is 6. The fourth-order valence-corrected chi connectivity index (χ4v) is 3.15. The summed E-state index contributed by atoms with van der Waals surface area (Å²) in [5, 5.41) is 4.36. The average Bonchev–Trinajstić information content (AvgIpc) is 3.19. The zero-order valence-corrected chi connectivity index (χ0v) is 15.9. The molecule has 6 nitrogen and oxygen atoms in total. The highest BCUT2D eigenvalue weighted by molar-refractivity contribution is 5.95. The van der Waals surface area contributed by atoms with Crippen molar-refractivity contribution in [2.24, 2.45) is 0 Å². The van der Waals surface area contributed by atoms with Gasteiger partial charge in [-0.1, -0.05) is 12.1 Å². The summed E-state index contributed by atoms with van der Waals surface area (Å²) >= 11 is 0. The van der Waals surface area contributed by atoms with E-state index in [-0.39, 0.29) is 0 Å². The Bertz CT molecular complexity index is 1120. The number of fused-ring (bicyclic) bond motifs is 1. The number of aromatic amines is 1. The monoisotopic (exact) mass is 375 g/mol. The predicted molar refractivity (Wildman–Crippen MR) is 111 cm³/mol. The maximum Gasteiger partial charge on any atom is 0.162 e. The summed E-state index contributed by atoms with van der Waals surface area (Å²) in [6.45, 7) is 0. The van der Waals surface area contributed by atoms with Gasteiger partial charge in [-0.3, -0.25) is 0 Å². The number of methoxy groups -OCH3 is 3. The molecule has 2 N–H and O–H groups in total. The molecular weight excluding hydrogens is 354 g/mol. The lowest BCUT2D eigenvalue weighted by Crippen LogP contribution is -1.96. The van der Waals surface area contributed by atoms with E-state index in [1.165, 1.54) is 0 Å². The van der Waals surface area contributed by atoms with Gasteiger partial charge in [-0.25, -0.2) is 4.98 Å². The fourth-order valence-electron chi connectivity index (χ4n) is 3.15. The third-order valence-electron chi connectivity index (χ3n) is 4.58. The molecule has 2 aromatic carbocycles. The number of pyridine rings is 1. The molecule has 0 fully saturated rings. The number of H-pyrrole nitrogens is 1. The van der Waals surface area contributed by atoms with Crippen LogP contribution in [0.1, 0.15) is 0 Å². The molecule has 0 saturated carbocycles. The molecule has 0 unspecified atom stereocenters. The quantitative estimate of drug-likeness (QED) is 0.496. The van der Waals surface area contributed by atoms with E-state index in [2.05, 4.69) is 21.4 Å². The third-order valence-corrected chi connectivity index (χ3v) is 4.58. The second-order valence-corrected chi connectivity index (χ2v) is 6.23. The fraction of sp³-hybridized carbons (Fsp3) is 0.136. The molecule has 4 aromatic rings. The number of aromatic nitrogens is 2. The topological polar surface area (TPSA) is 68.4 Å². The molecule has 0 saturated heterocycles. The maximum atomic E-state index is 5.38. The van der Waals surface area contributed by atoms with Gasteiger partial charge in [0.25, 0.3) is 0 Å². The van der Waals surface area contributed by atoms with Crippen LogP contribution in [-0.2, 0) is 0 Å². The van der Waals surface area contributed by atoms with E-state index in [9.17, 15) is 0 Å². The Morgan fingerprint density at radius 2 is 1.71 bits per heavy atom. The van der Waals surface area contributed by atoms with E-state index in [1.54, 1.807) is 27.5 Å². The van der Waals surface area contributed by atoms with Gasteiger partial charge < -0.3 is 24.5 Å². The first kappa shape index (κ1) is 17.7. The summed E-state index contributed by atoms with van der Waals surface area (Å²) in [7, 11) is 4.90. The van der Waals surface area contributed by atoms with E-state index in [0.29, 0.717) is 11.5 Å². The summed E-state index contributed by atoms with van der Waals surface area (Å²) < 4.78 is 16.0. The van der Waals surface area contributed by atoms with Crippen molar-refractivity contribution in [3.8, 4) is 28.5 Å². The zero-order chi connectivity index (χ0) is 19.5. The van der Waals surface area contributed by atoms with Gasteiger partial charge in [0, 0.05) is 34.6 Å². The van der Waals surface area contributed by atoms with E-state index in [0.717, 1.165) is 39.4 Å². The van der Waals surface area contributed by atoms with Crippen LogP contribution >= 0.6 is 0 Å². The molecule has 0 bridgehead atoms. The molecule has 2 aromatic heterocycles. The van der Waals surface area contributed by atoms with Gasteiger partial charge in [0.05, 0.1) is 26.8 Å². The van der Waals surface area contributed by atoms with Gasteiger partial charge in [0.15, 0.2) is 11.5 Å². The molecular formula is C22H21N3O3. The van der Waals surface area contributed by atoms with Crippen LogP contribution in [0.15, 0.2) is 60.8 Å². The summed E-state index contributed by atoms with van der Waals surface area (Å²) in [4.78, 5) is 7.96. The Labute approximate surface area is 163 Å². The van der Waals surface area contributed by atoms with Crippen molar-refractivity contribution >= 4 is 22.4 Å². The number of benzene rings is 2. The molecule has 0 spiro atoms. The Hall–Kier alpha value is -3.67. The second kappa shape index (κ2) is 7.52. The first-order chi connectivity index (χ1) is 13.7. The SMILES string of the molecule is COc1cccc(-c2cc3c(Nc4ccc(OC)c(OC)c4)nccc3[nH]2)c1. The van der Waals surface area contributed by atoms with Crippen LogP contribution in [0.5, 0.6) is 17.2 Å². The van der Waals surface area contributed by atoms with Gasteiger partial charge in [0.1, 0.15) is 11.6 Å². The highest BCUT2D eigenvalue weighted by atomic mass is 16.5. The molecule has 0 radical (unpaired) electrons. The molecule has 4 rings (SSSR count). The van der Waals surface area contributed by atoms with Gasteiger partial charge in [0.2, 0.25) is 0 Å². The summed E-state index contributed by atoms with van der Waals surface area (Å²) in [5.74, 6) is 2.92. The first-order valence-electron chi connectivity index (χ1n) is 8.83. The first-order valence-corrected chi connectivity index (χ1v) is 8.83. The Kier molecular flexibility index (Phi) is 4.76. The van der Waals surface area contributed by atoms with E-state index in [4.69, 9.17) is 14.2 Å². The lowest BCUT2D eigenvalue weighted by Gasteiger charge is -2.11. The lowest BCUT2D eigenvalue weighted by molar-refractivity contribution is 0.355. The number of anilines is 2. The van der Waals surface area contributed by atoms with Crippen molar-refractivity contribution in [3.63, 3.8) is 0 Å². The largest absolute Gasteiger partial charge is 0.497 e. The predicted octanol–water partition coefficient (Wildman–Crippen LogP) is 5.00. The van der Waals surface area contributed by atoms with Crippen LogP contribution in [0.2, 0.25) is 0 Å². The van der Waals surface area contributed by atoms with Gasteiger partial charge in [-0.05, 0) is 36.4 Å². The molecule has 2 heterocycles. The van der Waals surface area contributed by atoms with Gasteiger partial charge in [-0.15, -0.1) is 0 Å². The normalized spacial score (nSPS) is 10.7. The number of ether oxygens (including phenoxy) is 3. The molecule has 0 aliphatic rings. The summed E-state index contributed by atoms with van der Waals surface area (Å²) in [6.07, 6.45) is 1.78. The van der Waals surface area contributed by atoms with Crippen LogP contribution in [0.25, 0.3) is 22.2 Å². The lowest BCUT2D eigenvalue weighted by atomic mass is 10.1. The van der Waals surface area contributed by atoms with Crippen molar-refractivity contribution in [3.05, 3.63) is 60.8 Å². The minimum Gasteiger partial charge on any atom is -0.497 e. The minimum atomic E-state index is 0.658. The maximum absolute atomic E-state index is 5.38. The van der Waals surface area contributed by atoms with Crippen molar-refractivity contribution in [2.45, 2.75) is 0 Å². The summed E-state index contributed by atoms with van der Waals surface area (Å²) in [6, 6.07) is 17.7. The number of hydrogen-bond donors (Lipinski definition) is 2. The molecule has 142 valence electrons. The van der Waals surface area contributed by atoms with E-state index in [1.807, 2.05) is 48.5 Å². The van der Waals surface area contributed by atoms with E-state index < -0.39 is 0 Å². The third kappa shape index (κ3) is 3.32. The highest BCUT2D eigenvalue weighted by Crippen LogP contribution is 2.34. The molecule has 6 heteroatoms. The molecule has 0 aliphatic carbocycles. The van der Waals surface area contributed by atoms with Crippen molar-refractivity contribution in [1.82, 2.24) is 9.97 Å². The standard InChI is InChI=1S/C22H21N3O3/c1-26-16-6-4-5-14(11-16)19-13-17-18(25-19)9-10-23-22(17)24-15-7-8-20(27-2)21(12-15)28-3/h4-13,25H,1-3H3,(H,23,24). The minimum absolute atomic E-state index is 0.658. The Balaban J connectivity index is 1.71. The van der Waals surface area contributed by atoms with Crippen LogP contribution in [0.3, 0.4) is 0 Å².